The van der Waals surface area contributed by atoms with E-state index < -0.39 is 5.97 Å². The lowest BCUT2D eigenvalue weighted by atomic mass is 10.1. The molecule has 5 rings (SSSR count). The van der Waals surface area contributed by atoms with Gasteiger partial charge >= 0.3 is 5.97 Å². The summed E-state index contributed by atoms with van der Waals surface area (Å²) in [6.07, 6.45) is 3.33. The first-order valence-corrected chi connectivity index (χ1v) is 10.1. The molecule has 0 saturated heterocycles. The summed E-state index contributed by atoms with van der Waals surface area (Å²) in [5.74, 6) is 0.0110. The SMILES string of the molecule is CCOC(=O)c1cc2cc(C(=O)Nc3ccc(-n4cnc5ccccc54)nc3)ccc2[nH]1. The Balaban J connectivity index is 1.34. The largest absolute Gasteiger partial charge is 0.461 e. The molecule has 0 fully saturated rings. The summed E-state index contributed by atoms with van der Waals surface area (Å²) >= 11 is 0. The predicted octanol–water partition coefficient (Wildman–Crippen LogP) is 4.33. The van der Waals surface area contributed by atoms with Crippen LogP contribution in [0.3, 0.4) is 0 Å². The number of aromatic amines is 1. The maximum absolute atomic E-state index is 12.7. The molecule has 8 heteroatoms. The molecule has 32 heavy (non-hydrogen) atoms. The van der Waals surface area contributed by atoms with E-state index in [2.05, 4.69) is 20.3 Å². The molecule has 2 N–H and O–H groups in total. The van der Waals surface area contributed by atoms with Gasteiger partial charge in [0.05, 0.1) is 29.5 Å². The Morgan fingerprint density at radius 2 is 1.94 bits per heavy atom. The van der Waals surface area contributed by atoms with Crippen LogP contribution in [0.1, 0.15) is 27.8 Å². The van der Waals surface area contributed by atoms with E-state index in [1.807, 2.05) is 34.9 Å². The lowest BCUT2D eigenvalue weighted by Crippen LogP contribution is -2.12. The molecule has 0 spiro atoms. The zero-order chi connectivity index (χ0) is 22.1. The summed E-state index contributed by atoms with van der Waals surface area (Å²) in [4.78, 5) is 36.5. The van der Waals surface area contributed by atoms with Crippen LogP contribution in [0.2, 0.25) is 0 Å². The highest BCUT2D eigenvalue weighted by Crippen LogP contribution is 2.20. The predicted molar refractivity (Wildman–Crippen MR) is 121 cm³/mol. The number of esters is 1. The number of rotatable bonds is 5. The molecule has 0 aliphatic rings. The van der Waals surface area contributed by atoms with Gasteiger partial charge in [0.25, 0.3) is 5.91 Å². The van der Waals surface area contributed by atoms with Crippen molar-refractivity contribution in [2.45, 2.75) is 6.92 Å². The van der Waals surface area contributed by atoms with E-state index in [0.717, 1.165) is 21.9 Å². The van der Waals surface area contributed by atoms with Crippen LogP contribution in [0.15, 0.2) is 73.2 Å². The van der Waals surface area contributed by atoms with Crippen molar-refractivity contribution < 1.29 is 14.3 Å². The van der Waals surface area contributed by atoms with Gasteiger partial charge in [-0.05, 0) is 55.5 Å². The van der Waals surface area contributed by atoms with Gasteiger partial charge in [0, 0.05) is 16.5 Å². The van der Waals surface area contributed by atoms with E-state index in [0.29, 0.717) is 29.4 Å². The van der Waals surface area contributed by atoms with Crippen LogP contribution >= 0.6 is 0 Å². The third-order valence-corrected chi connectivity index (χ3v) is 5.08. The number of aromatic nitrogens is 4. The number of anilines is 1. The number of fused-ring (bicyclic) bond motifs is 2. The van der Waals surface area contributed by atoms with Crippen LogP contribution in [0.4, 0.5) is 5.69 Å². The quantitative estimate of drug-likeness (QED) is 0.408. The zero-order valence-electron chi connectivity index (χ0n) is 17.2. The minimum Gasteiger partial charge on any atom is -0.461 e. The number of benzene rings is 2. The molecule has 0 atom stereocenters. The highest BCUT2D eigenvalue weighted by atomic mass is 16.5. The summed E-state index contributed by atoms with van der Waals surface area (Å²) < 4.78 is 6.90. The van der Waals surface area contributed by atoms with Crippen LogP contribution in [0.25, 0.3) is 27.8 Å². The van der Waals surface area contributed by atoms with Crippen molar-refractivity contribution in [3.63, 3.8) is 0 Å². The van der Waals surface area contributed by atoms with Crippen molar-refractivity contribution in [3.05, 3.63) is 84.4 Å². The summed E-state index contributed by atoms with van der Waals surface area (Å²) in [6.45, 7) is 2.05. The van der Waals surface area contributed by atoms with E-state index >= 15 is 0 Å². The minimum absolute atomic E-state index is 0.270. The molecular weight excluding hydrogens is 406 g/mol. The number of hydrogen-bond acceptors (Lipinski definition) is 5. The molecule has 0 saturated carbocycles. The first-order valence-electron chi connectivity index (χ1n) is 10.1. The number of amides is 1. The van der Waals surface area contributed by atoms with Gasteiger partial charge in [-0.1, -0.05) is 12.1 Å². The van der Waals surface area contributed by atoms with Crippen LogP contribution in [-0.2, 0) is 4.74 Å². The summed E-state index contributed by atoms with van der Waals surface area (Å²) in [5, 5.41) is 3.61. The van der Waals surface area contributed by atoms with Gasteiger partial charge in [-0.2, -0.15) is 0 Å². The Labute approximate surface area is 182 Å². The average molecular weight is 425 g/mol. The number of carbonyl (C=O) groups excluding carboxylic acids is 2. The molecule has 3 aromatic heterocycles. The average Bonchev–Trinajstić information content (AvgIpc) is 3.44. The lowest BCUT2D eigenvalue weighted by Gasteiger charge is -2.07. The molecule has 0 bridgehead atoms. The molecule has 8 nitrogen and oxygen atoms in total. The van der Waals surface area contributed by atoms with Gasteiger partial charge in [-0.3, -0.25) is 9.36 Å². The van der Waals surface area contributed by atoms with Crippen molar-refractivity contribution in [2.75, 3.05) is 11.9 Å². The van der Waals surface area contributed by atoms with Crippen molar-refractivity contribution >= 4 is 39.5 Å². The number of nitrogens with one attached hydrogen (secondary N) is 2. The fourth-order valence-electron chi connectivity index (χ4n) is 3.54. The van der Waals surface area contributed by atoms with Crippen molar-refractivity contribution in [1.82, 2.24) is 19.5 Å². The zero-order valence-corrected chi connectivity index (χ0v) is 17.2. The molecule has 3 heterocycles. The molecule has 0 aliphatic carbocycles. The monoisotopic (exact) mass is 425 g/mol. The van der Waals surface area contributed by atoms with Crippen molar-refractivity contribution in [1.29, 1.82) is 0 Å². The molecule has 0 unspecified atom stereocenters. The second-order valence-electron chi connectivity index (χ2n) is 7.17. The Morgan fingerprint density at radius 3 is 2.75 bits per heavy atom. The van der Waals surface area contributed by atoms with Gasteiger partial charge in [0.15, 0.2) is 0 Å². The topological polar surface area (TPSA) is 102 Å². The molecule has 0 radical (unpaired) electrons. The summed E-state index contributed by atoms with van der Waals surface area (Å²) in [7, 11) is 0. The van der Waals surface area contributed by atoms with Gasteiger partial charge in [0.1, 0.15) is 17.8 Å². The van der Waals surface area contributed by atoms with Crippen LogP contribution < -0.4 is 5.32 Å². The smallest absolute Gasteiger partial charge is 0.354 e. The number of nitrogens with zero attached hydrogens (tertiary/aromatic N) is 3. The van der Waals surface area contributed by atoms with E-state index in [4.69, 9.17) is 4.74 Å². The van der Waals surface area contributed by atoms with Gasteiger partial charge in [-0.25, -0.2) is 14.8 Å². The molecule has 1 amide bonds. The minimum atomic E-state index is -0.425. The molecule has 2 aromatic carbocycles. The Bertz CT molecular complexity index is 1450. The van der Waals surface area contributed by atoms with E-state index in [9.17, 15) is 9.59 Å². The van der Waals surface area contributed by atoms with Crippen LogP contribution in [0.5, 0.6) is 0 Å². The number of H-pyrrole nitrogens is 1. The second-order valence-corrected chi connectivity index (χ2v) is 7.17. The number of hydrogen-bond donors (Lipinski definition) is 2. The maximum atomic E-state index is 12.7. The Morgan fingerprint density at radius 1 is 1.06 bits per heavy atom. The maximum Gasteiger partial charge on any atom is 0.354 e. The van der Waals surface area contributed by atoms with Crippen molar-refractivity contribution in [3.8, 4) is 5.82 Å². The van der Waals surface area contributed by atoms with Crippen LogP contribution in [-0.4, -0.2) is 38.0 Å². The number of pyridine rings is 1. The normalized spacial score (nSPS) is 11.0. The standard InChI is InChI=1S/C24H19N5O3/c1-2-32-24(31)20-12-16-11-15(7-9-18(16)28-20)23(30)27-17-8-10-22(25-13-17)29-14-26-19-5-3-4-6-21(19)29/h3-14,28H,2H2,1H3,(H,27,30). The highest BCUT2D eigenvalue weighted by Gasteiger charge is 2.13. The number of ether oxygens (including phenoxy) is 1. The van der Waals surface area contributed by atoms with Gasteiger partial charge in [0.2, 0.25) is 0 Å². The second kappa shape index (κ2) is 7.99. The molecular formula is C24H19N5O3. The van der Waals surface area contributed by atoms with Gasteiger partial charge < -0.3 is 15.0 Å². The first-order chi connectivity index (χ1) is 15.6. The third-order valence-electron chi connectivity index (χ3n) is 5.08. The third kappa shape index (κ3) is 3.58. The van der Waals surface area contributed by atoms with Gasteiger partial charge in [-0.15, -0.1) is 0 Å². The summed E-state index contributed by atoms with van der Waals surface area (Å²) in [6, 6.07) is 18.3. The number of carbonyl (C=O) groups is 2. The Hall–Kier alpha value is -4.46. The molecule has 0 aliphatic heterocycles. The highest BCUT2D eigenvalue weighted by molar-refractivity contribution is 6.06. The van der Waals surface area contributed by atoms with E-state index in [1.54, 1.807) is 49.8 Å². The molecule has 5 aromatic rings. The Kier molecular flexibility index (Phi) is 4.87. The molecule has 158 valence electrons. The van der Waals surface area contributed by atoms with E-state index in [1.165, 1.54) is 0 Å². The van der Waals surface area contributed by atoms with E-state index in [-0.39, 0.29) is 5.91 Å². The fourth-order valence-corrected chi connectivity index (χ4v) is 3.54. The fraction of sp³-hybridized carbons (Fsp3) is 0.0833. The number of para-hydroxylation sites is 2. The lowest BCUT2D eigenvalue weighted by molar-refractivity contribution is 0.0520. The first kappa shape index (κ1) is 19.5. The van der Waals surface area contributed by atoms with Crippen LogP contribution in [0, 0.1) is 0 Å². The number of imidazole rings is 1. The van der Waals surface area contributed by atoms with Crippen molar-refractivity contribution in [2.24, 2.45) is 0 Å². The summed E-state index contributed by atoms with van der Waals surface area (Å²) in [5.41, 5.74) is 3.99.